The molecule has 1 heterocycles. The summed E-state index contributed by atoms with van der Waals surface area (Å²) in [6.07, 6.45) is 3.59. The van der Waals surface area contributed by atoms with Crippen LogP contribution in [0.2, 0.25) is 0 Å². The number of carboxylic acids is 1. The fraction of sp³-hybridized carbons (Fsp3) is 0.312. The topological polar surface area (TPSA) is 75.6 Å². The molecule has 37 heavy (non-hydrogen) atoms. The summed E-state index contributed by atoms with van der Waals surface area (Å²) in [5.74, 6) is -0.732. The molecule has 1 saturated heterocycles. The first-order chi connectivity index (χ1) is 18.0. The summed E-state index contributed by atoms with van der Waals surface area (Å²) < 4.78 is 5.51. The highest BCUT2D eigenvalue weighted by Gasteiger charge is 2.72. The van der Waals surface area contributed by atoms with Gasteiger partial charge in [-0.15, -0.1) is 0 Å². The molecule has 4 aliphatic rings. The summed E-state index contributed by atoms with van der Waals surface area (Å²) in [5, 5.41) is 14.3. The lowest BCUT2D eigenvalue weighted by Gasteiger charge is -2.60. The average Bonchev–Trinajstić information content (AvgIpc) is 3.38. The lowest BCUT2D eigenvalue weighted by atomic mass is 9.40. The number of para-hydroxylation sites is 1. The minimum Gasteiger partial charge on any atom is -0.496 e. The van der Waals surface area contributed by atoms with Crippen molar-refractivity contribution in [1.82, 2.24) is 5.32 Å². The van der Waals surface area contributed by atoms with Crippen LogP contribution in [0.25, 0.3) is 6.08 Å². The zero-order valence-electron chi connectivity index (χ0n) is 20.9. The first kappa shape index (κ1) is 23.7. The van der Waals surface area contributed by atoms with Crippen LogP contribution in [-0.2, 0) is 21.4 Å². The summed E-state index contributed by atoms with van der Waals surface area (Å²) >= 11 is 0. The molecule has 7 rings (SSSR count). The maximum atomic E-state index is 14.1. The van der Waals surface area contributed by atoms with E-state index < -0.39 is 28.8 Å². The second kappa shape index (κ2) is 8.70. The standard InChI is InChI=1S/C32H31NO4/c1-3-20-13-14-23-24-15-16-31(25(23)17-20,22-10-5-4-6-11-22)29-28(33-19-32(24,29)30(35)36)26(34)18-21-9-7-8-12-27(21)37-2/h3-14,17,24,28-29,33H,1,15-16,18-19H2,2H3,(H,35,36). The number of carbonyl (C=O) groups is 2. The number of methoxy groups -OCH3 is 1. The van der Waals surface area contributed by atoms with Crippen molar-refractivity contribution in [3.05, 3.63) is 107 Å². The lowest BCUT2D eigenvalue weighted by Crippen LogP contribution is -2.62. The molecule has 3 aromatic rings. The van der Waals surface area contributed by atoms with Gasteiger partial charge in [0.2, 0.25) is 0 Å². The van der Waals surface area contributed by atoms with Gasteiger partial charge < -0.3 is 15.2 Å². The Labute approximate surface area is 217 Å². The molecule has 2 N–H and O–H groups in total. The second-order valence-electron chi connectivity index (χ2n) is 10.6. The highest BCUT2D eigenvalue weighted by Crippen LogP contribution is 2.69. The Morgan fingerprint density at radius 1 is 1.11 bits per heavy atom. The normalized spacial score (nSPS) is 29.3. The van der Waals surface area contributed by atoms with Crippen molar-refractivity contribution in [3.8, 4) is 5.75 Å². The molecule has 3 aliphatic carbocycles. The van der Waals surface area contributed by atoms with Gasteiger partial charge >= 0.3 is 5.97 Å². The lowest BCUT2D eigenvalue weighted by molar-refractivity contribution is -0.158. The van der Waals surface area contributed by atoms with E-state index in [2.05, 4.69) is 36.2 Å². The van der Waals surface area contributed by atoms with E-state index >= 15 is 0 Å². The van der Waals surface area contributed by atoms with Gasteiger partial charge in [-0.05, 0) is 41.2 Å². The van der Waals surface area contributed by atoms with Crippen molar-refractivity contribution in [1.29, 1.82) is 0 Å². The molecule has 5 nitrogen and oxygen atoms in total. The molecular weight excluding hydrogens is 462 g/mol. The first-order valence-corrected chi connectivity index (χ1v) is 12.9. The van der Waals surface area contributed by atoms with Crippen molar-refractivity contribution in [3.63, 3.8) is 0 Å². The highest BCUT2D eigenvalue weighted by atomic mass is 16.5. The molecule has 5 unspecified atom stereocenters. The number of ketones is 1. The average molecular weight is 494 g/mol. The zero-order valence-corrected chi connectivity index (χ0v) is 20.9. The smallest absolute Gasteiger partial charge is 0.311 e. The van der Waals surface area contributed by atoms with E-state index in [0.717, 1.165) is 40.7 Å². The molecule has 188 valence electrons. The molecular formula is C32H31NO4. The largest absolute Gasteiger partial charge is 0.496 e. The Kier molecular flexibility index (Phi) is 5.57. The Morgan fingerprint density at radius 3 is 2.59 bits per heavy atom. The monoisotopic (exact) mass is 493 g/mol. The molecule has 1 aliphatic heterocycles. The van der Waals surface area contributed by atoms with Gasteiger partial charge in [-0.1, -0.05) is 79.4 Å². The van der Waals surface area contributed by atoms with E-state index in [1.165, 1.54) is 0 Å². The zero-order chi connectivity index (χ0) is 25.8. The fourth-order valence-electron chi connectivity index (χ4n) is 7.80. The number of aliphatic carboxylic acids is 1. The van der Waals surface area contributed by atoms with E-state index in [1.807, 2.05) is 54.6 Å². The van der Waals surface area contributed by atoms with Crippen LogP contribution in [0, 0.1) is 11.3 Å². The maximum absolute atomic E-state index is 14.1. The van der Waals surface area contributed by atoms with E-state index in [1.54, 1.807) is 7.11 Å². The number of benzene rings is 3. The minimum atomic E-state index is -1.07. The Hall–Kier alpha value is -3.70. The minimum absolute atomic E-state index is 0.00177. The van der Waals surface area contributed by atoms with Gasteiger partial charge in [0, 0.05) is 35.8 Å². The Morgan fingerprint density at radius 2 is 1.86 bits per heavy atom. The van der Waals surface area contributed by atoms with Crippen molar-refractivity contribution in [2.45, 2.75) is 36.6 Å². The molecule has 5 heteroatoms. The summed E-state index contributed by atoms with van der Waals surface area (Å²) in [7, 11) is 1.60. The van der Waals surface area contributed by atoms with Gasteiger partial charge in [0.15, 0.2) is 5.78 Å². The van der Waals surface area contributed by atoms with Crippen LogP contribution in [0.5, 0.6) is 5.75 Å². The van der Waals surface area contributed by atoms with Gasteiger partial charge in [-0.2, -0.15) is 0 Å². The number of hydrogen-bond acceptors (Lipinski definition) is 4. The summed E-state index contributed by atoms with van der Waals surface area (Å²) in [6.45, 7) is 4.25. The van der Waals surface area contributed by atoms with Crippen LogP contribution in [-0.4, -0.2) is 36.6 Å². The summed E-state index contributed by atoms with van der Waals surface area (Å²) in [5.41, 5.74) is 3.46. The van der Waals surface area contributed by atoms with Crippen LogP contribution in [0.3, 0.4) is 0 Å². The Bertz CT molecular complexity index is 1400. The van der Waals surface area contributed by atoms with Gasteiger partial charge in [0.25, 0.3) is 0 Å². The molecule has 2 fully saturated rings. The molecule has 0 radical (unpaired) electrons. The number of nitrogens with one attached hydrogen (secondary N) is 1. The molecule has 0 amide bonds. The third-order valence-corrected chi connectivity index (χ3v) is 9.24. The van der Waals surface area contributed by atoms with Gasteiger partial charge in [0.05, 0.1) is 18.6 Å². The number of hydrogen-bond donors (Lipinski definition) is 2. The molecule has 0 aromatic heterocycles. The predicted octanol–water partition coefficient (Wildman–Crippen LogP) is 4.99. The van der Waals surface area contributed by atoms with Gasteiger partial charge in [0.1, 0.15) is 5.75 Å². The van der Waals surface area contributed by atoms with E-state index in [9.17, 15) is 14.7 Å². The van der Waals surface area contributed by atoms with Crippen LogP contribution < -0.4 is 10.1 Å². The van der Waals surface area contributed by atoms with E-state index in [4.69, 9.17) is 4.74 Å². The van der Waals surface area contributed by atoms with E-state index in [-0.39, 0.29) is 24.7 Å². The van der Waals surface area contributed by atoms with E-state index in [0.29, 0.717) is 5.75 Å². The highest BCUT2D eigenvalue weighted by molar-refractivity contribution is 5.91. The third-order valence-electron chi connectivity index (χ3n) is 9.24. The molecule has 1 saturated carbocycles. The molecule has 0 spiro atoms. The molecule has 2 bridgehead atoms. The van der Waals surface area contributed by atoms with Crippen molar-refractivity contribution < 1.29 is 19.4 Å². The Balaban J connectivity index is 1.56. The van der Waals surface area contributed by atoms with Crippen LogP contribution in [0.1, 0.15) is 46.6 Å². The summed E-state index contributed by atoms with van der Waals surface area (Å²) in [4.78, 5) is 27.4. The number of fused-ring (bicyclic) bond motifs is 1. The second-order valence-corrected chi connectivity index (χ2v) is 10.6. The number of carboxylic acid groups (broad SMARTS) is 1. The van der Waals surface area contributed by atoms with Crippen molar-refractivity contribution in [2.75, 3.05) is 13.7 Å². The van der Waals surface area contributed by atoms with Crippen LogP contribution in [0.15, 0.2) is 79.4 Å². The van der Waals surface area contributed by atoms with Crippen molar-refractivity contribution >= 4 is 17.8 Å². The molecule has 3 aromatic carbocycles. The number of Topliss-reactive ketones (excluding diaryl/α,β-unsaturated/α-hetero) is 1. The van der Waals surface area contributed by atoms with Crippen LogP contribution >= 0.6 is 0 Å². The van der Waals surface area contributed by atoms with Crippen molar-refractivity contribution in [2.24, 2.45) is 11.3 Å². The number of carbonyl (C=O) groups excluding carboxylic acids is 1. The molecule has 5 atom stereocenters. The number of rotatable bonds is 7. The van der Waals surface area contributed by atoms with Gasteiger partial charge in [-0.25, -0.2) is 0 Å². The third kappa shape index (κ3) is 3.20. The van der Waals surface area contributed by atoms with Gasteiger partial charge in [-0.3, -0.25) is 9.59 Å². The predicted molar refractivity (Wildman–Crippen MR) is 143 cm³/mol. The van der Waals surface area contributed by atoms with Crippen LogP contribution in [0.4, 0.5) is 0 Å². The quantitative estimate of drug-likeness (QED) is 0.485. The fourth-order valence-corrected chi connectivity index (χ4v) is 7.80. The number of ether oxygens (including phenoxy) is 1. The SMILES string of the molecule is C=Cc1ccc2c(c1)C1(c3ccccc3)CCC2C2(C(=O)O)CNC(C(=O)Cc3ccccc3OC)C12. The summed E-state index contributed by atoms with van der Waals surface area (Å²) in [6, 6.07) is 23.5. The maximum Gasteiger partial charge on any atom is 0.311 e. The first-order valence-electron chi connectivity index (χ1n) is 12.9.